The van der Waals surface area contributed by atoms with Gasteiger partial charge in [0.25, 0.3) is 0 Å². The Morgan fingerprint density at radius 1 is 1.19 bits per heavy atom. The summed E-state index contributed by atoms with van der Waals surface area (Å²) in [5, 5.41) is 3.39. The molecule has 0 spiro atoms. The molecule has 1 aliphatic carbocycles. The van der Waals surface area contributed by atoms with Gasteiger partial charge in [-0.05, 0) is 56.5 Å². The van der Waals surface area contributed by atoms with Crippen molar-refractivity contribution < 1.29 is 0 Å². The normalized spacial score (nSPS) is 30.9. The molecular weight excluding hydrogens is 194 g/mol. The van der Waals surface area contributed by atoms with Gasteiger partial charge in [-0.15, -0.1) is 0 Å². The first-order valence-corrected chi connectivity index (χ1v) is 7.33. The van der Waals surface area contributed by atoms with Gasteiger partial charge >= 0.3 is 0 Å². The maximum Gasteiger partial charge on any atom is -0.00209 e. The van der Waals surface area contributed by atoms with Crippen LogP contribution in [0.25, 0.3) is 0 Å². The average Bonchev–Trinajstić information content (AvgIpc) is 2.27. The highest BCUT2D eigenvalue weighted by Gasteiger charge is 2.30. The smallest absolute Gasteiger partial charge is 0.00209 e. The van der Waals surface area contributed by atoms with Crippen molar-refractivity contribution in [1.82, 2.24) is 5.32 Å². The molecule has 3 unspecified atom stereocenters. The van der Waals surface area contributed by atoms with Crippen LogP contribution in [0.3, 0.4) is 0 Å². The van der Waals surface area contributed by atoms with Gasteiger partial charge in [-0.25, -0.2) is 0 Å². The van der Waals surface area contributed by atoms with Gasteiger partial charge in [0.05, 0.1) is 0 Å². The first kappa shape index (κ1) is 14.0. The van der Waals surface area contributed by atoms with E-state index < -0.39 is 0 Å². The third-order valence-electron chi connectivity index (χ3n) is 4.52. The minimum atomic E-state index is 0.889. The predicted octanol–water partition coefficient (Wildman–Crippen LogP) is 4.08. The van der Waals surface area contributed by atoms with E-state index in [0.29, 0.717) is 0 Å². The van der Waals surface area contributed by atoms with Crippen molar-refractivity contribution in [2.45, 2.75) is 59.3 Å². The third-order valence-corrected chi connectivity index (χ3v) is 4.52. The summed E-state index contributed by atoms with van der Waals surface area (Å²) in [6.45, 7) is 8.36. The molecule has 1 fully saturated rings. The SMILES string of the molecule is CCCCC1CC(C(C)C)CCC1CNC. The van der Waals surface area contributed by atoms with Gasteiger partial charge < -0.3 is 5.32 Å². The Morgan fingerprint density at radius 2 is 1.94 bits per heavy atom. The van der Waals surface area contributed by atoms with Crippen LogP contribution < -0.4 is 5.32 Å². The molecule has 0 bridgehead atoms. The van der Waals surface area contributed by atoms with Crippen LogP contribution in [0.15, 0.2) is 0 Å². The van der Waals surface area contributed by atoms with Gasteiger partial charge in [-0.2, -0.15) is 0 Å². The molecule has 0 aromatic carbocycles. The fraction of sp³-hybridized carbons (Fsp3) is 1.00. The van der Waals surface area contributed by atoms with Crippen LogP contribution >= 0.6 is 0 Å². The fourth-order valence-corrected chi connectivity index (χ4v) is 3.32. The van der Waals surface area contributed by atoms with E-state index in [2.05, 4.69) is 33.1 Å². The second kappa shape index (κ2) is 7.32. The Kier molecular flexibility index (Phi) is 6.41. The summed E-state index contributed by atoms with van der Waals surface area (Å²) in [4.78, 5) is 0. The van der Waals surface area contributed by atoms with Gasteiger partial charge in [0.15, 0.2) is 0 Å². The molecule has 3 atom stereocenters. The van der Waals surface area contributed by atoms with Crippen LogP contribution in [0.5, 0.6) is 0 Å². The molecule has 1 rings (SSSR count). The zero-order valence-electron chi connectivity index (χ0n) is 11.8. The topological polar surface area (TPSA) is 12.0 Å². The molecule has 1 saturated carbocycles. The molecule has 0 heterocycles. The molecule has 1 aliphatic rings. The van der Waals surface area contributed by atoms with Gasteiger partial charge in [0, 0.05) is 0 Å². The summed E-state index contributed by atoms with van der Waals surface area (Å²) in [5.74, 6) is 3.83. The van der Waals surface area contributed by atoms with Gasteiger partial charge in [0.2, 0.25) is 0 Å². The lowest BCUT2D eigenvalue weighted by atomic mass is 9.69. The van der Waals surface area contributed by atoms with Gasteiger partial charge in [0.1, 0.15) is 0 Å². The van der Waals surface area contributed by atoms with E-state index in [0.717, 1.165) is 23.7 Å². The highest BCUT2D eigenvalue weighted by Crippen LogP contribution is 2.39. The van der Waals surface area contributed by atoms with Crippen LogP contribution in [0.1, 0.15) is 59.3 Å². The fourth-order valence-electron chi connectivity index (χ4n) is 3.32. The van der Waals surface area contributed by atoms with E-state index >= 15 is 0 Å². The summed E-state index contributed by atoms with van der Waals surface area (Å²) in [6.07, 6.45) is 8.66. The van der Waals surface area contributed by atoms with Crippen molar-refractivity contribution in [3.63, 3.8) is 0 Å². The summed E-state index contributed by atoms with van der Waals surface area (Å²) >= 11 is 0. The van der Waals surface area contributed by atoms with E-state index in [1.807, 2.05) is 0 Å². The highest BCUT2D eigenvalue weighted by atomic mass is 14.8. The lowest BCUT2D eigenvalue weighted by molar-refractivity contribution is 0.137. The molecule has 0 saturated heterocycles. The van der Waals surface area contributed by atoms with Crippen LogP contribution in [-0.2, 0) is 0 Å². The molecule has 0 radical (unpaired) electrons. The minimum absolute atomic E-state index is 0.889. The van der Waals surface area contributed by atoms with E-state index in [4.69, 9.17) is 0 Å². The molecule has 1 heteroatoms. The van der Waals surface area contributed by atoms with E-state index in [1.165, 1.54) is 45.1 Å². The van der Waals surface area contributed by atoms with Crippen molar-refractivity contribution in [2.75, 3.05) is 13.6 Å². The highest BCUT2D eigenvalue weighted by molar-refractivity contribution is 4.82. The Labute approximate surface area is 102 Å². The van der Waals surface area contributed by atoms with E-state index in [1.54, 1.807) is 0 Å². The van der Waals surface area contributed by atoms with Crippen molar-refractivity contribution >= 4 is 0 Å². The Hall–Kier alpha value is -0.0400. The second-order valence-corrected chi connectivity index (χ2v) is 6.04. The second-order valence-electron chi connectivity index (χ2n) is 6.04. The lowest BCUT2D eigenvalue weighted by Crippen LogP contribution is -2.33. The van der Waals surface area contributed by atoms with Crippen molar-refractivity contribution in [1.29, 1.82) is 0 Å². The minimum Gasteiger partial charge on any atom is -0.319 e. The molecule has 0 aromatic heterocycles. The molecule has 0 aromatic rings. The third kappa shape index (κ3) is 4.08. The van der Waals surface area contributed by atoms with Crippen molar-refractivity contribution in [2.24, 2.45) is 23.7 Å². The summed E-state index contributed by atoms with van der Waals surface area (Å²) in [7, 11) is 2.10. The number of hydrogen-bond donors (Lipinski definition) is 1. The summed E-state index contributed by atoms with van der Waals surface area (Å²) < 4.78 is 0. The van der Waals surface area contributed by atoms with E-state index in [-0.39, 0.29) is 0 Å². The molecule has 0 aliphatic heterocycles. The maximum absolute atomic E-state index is 3.39. The number of hydrogen-bond acceptors (Lipinski definition) is 1. The average molecular weight is 225 g/mol. The molecule has 96 valence electrons. The Bertz CT molecular complexity index is 176. The largest absolute Gasteiger partial charge is 0.319 e. The molecule has 1 nitrogen and oxygen atoms in total. The first-order valence-electron chi connectivity index (χ1n) is 7.33. The monoisotopic (exact) mass is 225 g/mol. The van der Waals surface area contributed by atoms with Gasteiger partial charge in [-0.1, -0.05) is 40.0 Å². The molecule has 0 amide bonds. The molecule has 16 heavy (non-hydrogen) atoms. The van der Waals surface area contributed by atoms with E-state index in [9.17, 15) is 0 Å². The van der Waals surface area contributed by atoms with Crippen LogP contribution in [-0.4, -0.2) is 13.6 Å². The number of rotatable bonds is 6. The quantitative estimate of drug-likeness (QED) is 0.718. The van der Waals surface area contributed by atoms with Crippen LogP contribution in [0, 0.1) is 23.7 Å². The van der Waals surface area contributed by atoms with Crippen LogP contribution in [0.2, 0.25) is 0 Å². The first-order chi connectivity index (χ1) is 7.69. The lowest BCUT2D eigenvalue weighted by Gasteiger charge is -2.38. The van der Waals surface area contributed by atoms with Crippen LogP contribution in [0.4, 0.5) is 0 Å². The predicted molar refractivity (Wildman–Crippen MR) is 72.6 cm³/mol. The molecular formula is C15H31N. The number of unbranched alkanes of at least 4 members (excludes halogenated alkanes) is 1. The number of nitrogens with one attached hydrogen (secondary N) is 1. The summed E-state index contributed by atoms with van der Waals surface area (Å²) in [5.41, 5.74) is 0. The zero-order chi connectivity index (χ0) is 12.0. The Morgan fingerprint density at radius 3 is 2.50 bits per heavy atom. The maximum atomic E-state index is 3.39. The molecule has 1 N–H and O–H groups in total. The van der Waals surface area contributed by atoms with Crippen molar-refractivity contribution in [3.8, 4) is 0 Å². The Balaban J connectivity index is 2.47. The van der Waals surface area contributed by atoms with Crippen molar-refractivity contribution in [3.05, 3.63) is 0 Å². The zero-order valence-corrected chi connectivity index (χ0v) is 11.8. The standard InChI is InChI=1S/C15H31N/c1-5-6-7-14-10-13(12(2)3)8-9-15(14)11-16-4/h12-16H,5-11H2,1-4H3. The summed E-state index contributed by atoms with van der Waals surface area (Å²) in [6, 6.07) is 0. The van der Waals surface area contributed by atoms with Gasteiger partial charge in [-0.3, -0.25) is 0 Å².